The Bertz CT molecular complexity index is 871. The van der Waals surface area contributed by atoms with Crippen LogP contribution in [0.15, 0.2) is 48.0 Å². The van der Waals surface area contributed by atoms with Crippen LogP contribution >= 0.6 is 11.3 Å². The van der Waals surface area contributed by atoms with Crippen molar-refractivity contribution >= 4 is 33.4 Å². The highest BCUT2D eigenvalue weighted by atomic mass is 32.1. The van der Waals surface area contributed by atoms with Gasteiger partial charge in [-0.3, -0.25) is 0 Å². The zero-order chi connectivity index (χ0) is 12.7. The summed E-state index contributed by atoms with van der Waals surface area (Å²) in [6.45, 7) is 0. The molecule has 19 heavy (non-hydrogen) atoms. The molecule has 2 heterocycles. The molecule has 5 heteroatoms. The maximum atomic E-state index is 4.71. The van der Waals surface area contributed by atoms with E-state index in [1.807, 2.05) is 42.5 Å². The molecule has 0 aliphatic carbocycles. The van der Waals surface area contributed by atoms with Gasteiger partial charge < -0.3 is 0 Å². The average Bonchev–Trinajstić information content (AvgIpc) is 2.98. The third-order valence-electron chi connectivity index (χ3n) is 2.96. The number of rotatable bonds is 1. The molecule has 4 nitrogen and oxygen atoms in total. The van der Waals surface area contributed by atoms with E-state index in [1.54, 1.807) is 5.51 Å². The topological polar surface area (TPSA) is 51.6 Å². The molecule has 0 aliphatic heterocycles. The van der Waals surface area contributed by atoms with Crippen molar-refractivity contribution in [2.45, 2.75) is 0 Å². The fourth-order valence-corrected chi connectivity index (χ4v) is 2.69. The van der Waals surface area contributed by atoms with Crippen LogP contribution in [0, 0.1) is 0 Å². The van der Waals surface area contributed by atoms with E-state index in [0.717, 1.165) is 32.6 Å². The highest BCUT2D eigenvalue weighted by Gasteiger charge is 2.09. The largest absolute Gasteiger partial charge is 0.244 e. The minimum atomic E-state index is 0.871. The molecule has 0 radical (unpaired) electrons. The quantitative estimate of drug-likeness (QED) is 0.495. The molecule has 0 unspecified atom stereocenters. The Balaban J connectivity index is 2.12. The molecule has 90 valence electrons. The monoisotopic (exact) mass is 264 g/mol. The van der Waals surface area contributed by atoms with Crippen molar-refractivity contribution in [2.75, 3.05) is 0 Å². The molecule has 0 amide bonds. The van der Waals surface area contributed by atoms with Crippen LogP contribution in [0.25, 0.3) is 32.6 Å². The summed E-state index contributed by atoms with van der Waals surface area (Å²) >= 11 is 1.51. The summed E-state index contributed by atoms with van der Waals surface area (Å²) in [5, 5.41) is 8.88. The van der Waals surface area contributed by atoms with Gasteiger partial charge in [-0.1, -0.05) is 29.5 Å². The second-order valence-electron chi connectivity index (χ2n) is 4.13. The van der Waals surface area contributed by atoms with Crippen LogP contribution in [-0.2, 0) is 0 Å². The maximum absolute atomic E-state index is 4.71. The van der Waals surface area contributed by atoms with Gasteiger partial charge in [-0.05, 0) is 24.3 Å². The minimum absolute atomic E-state index is 0.871. The van der Waals surface area contributed by atoms with E-state index in [4.69, 9.17) is 4.98 Å². The van der Waals surface area contributed by atoms with Crippen LogP contribution in [-0.4, -0.2) is 20.2 Å². The highest BCUT2D eigenvalue weighted by Crippen LogP contribution is 2.28. The zero-order valence-corrected chi connectivity index (χ0v) is 10.6. The Morgan fingerprint density at radius 2 is 1.58 bits per heavy atom. The van der Waals surface area contributed by atoms with Crippen LogP contribution in [0.4, 0.5) is 0 Å². The minimum Gasteiger partial charge on any atom is -0.244 e. The number of fused-ring (bicyclic) bond motifs is 2. The summed E-state index contributed by atoms with van der Waals surface area (Å²) in [6.07, 6.45) is 0. The smallest absolute Gasteiger partial charge is 0.149 e. The van der Waals surface area contributed by atoms with Crippen molar-refractivity contribution < 1.29 is 0 Å². The van der Waals surface area contributed by atoms with Gasteiger partial charge in [0.2, 0.25) is 0 Å². The standard InChI is InChI=1S/C14H8N4S/c1-2-6-11-10(5-1)16-12-7-3-4-9(13(12)17-11)14-18-15-8-19-14/h1-8H. The first kappa shape index (κ1) is 10.5. The van der Waals surface area contributed by atoms with E-state index in [2.05, 4.69) is 15.2 Å². The number of hydrogen-bond donors (Lipinski definition) is 0. The fraction of sp³-hybridized carbons (Fsp3) is 0. The molecule has 0 spiro atoms. The molecule has 0 aliphatic rings. The van der Waals surface area contributed by atoms with Crippen molar-refractivity contribution in [1.82, 2.24) is 20.2 Å². The Labute approximate surface area is 112 Å². The molecule has 0 bridgehead atoms. The van der Waals surface area contributed by atoms with E-state index in [-0.39, 0.29) is 0 Å². The van der Waals surface area contributed by atoms with Crippen LogP contribution < -0.4 is 0 Å². The normalized spacial score (nSPS) is 11.2. The number of benzene rings is 2. The van der Waals surface area contributed by atoms with Crippen molar-refractivity contribution in [2.24, 2.45) is 0 Å². The lowest BCUT2D eigenvalue weighted by Gasteiger charge is -2.04. The molecule has 0 N–H and O–H groups in total. The van der Waals surface area contributed by atoms with Gasteiger partial charge in [-0.2, -0.15) is 0 Å². The van der Waals surface area contributed by atoms with Gasteiger partial charge in [0, 0.05) is 5.56 Å². The Morgan fingerprint density at radius 3 is 2.37 bits per heavy atom. The van der Waals surface area contributed by atoms with E-state index in [0.29, 0.717) is 0 Å². The molecule has 2 aromatic heterocycles. The molecule has 2 aromatic carbocycles. The fourth-order valence-electron chi connectivity index (χ4n) is 2.11. The first-order valence-corrected chi connectivity index (χ1v) is 6.72. The van der Waals surface area contributed by atoms with Gasteiger partial charge in [0.05, 0.1) is 22.1 Å². The first-order chi connectivity index (χ1) is 9.42. The highest BCUT2D eigenvalue weighted by molar-refractivity contribution is 7.12. The lowest BCUT2D eigenvalue weighted by molar-refractivity contribution is 1.10. The van der Waals surface area contributed by atoms with Gasteiger partial charge >= 0.3 is 0 Å². The SMILES string of the molecule is c1ccc2nc3c(-c4nncs4)cccc3nc2c1. The summed E-state index contributed by atoms with van der Waals surface area (Å²) in [4.78, 5) is 9.35. The number of aromatic nitrogens is 4. The third kappa shape index (κ3) is 1.67. The maximum Gasteiger partial charge on any atom is 0.149 e. The second-order valence-corrected chi connectivity index (χ2v) is 4.96. The summed E-state index contributed by atoms with van der Waals surface area (Å²) in [6, 6.07) is 13.8. The number of hydrogen-bond acceptors (Lipinski definition) is 5. The van der Waals surface area contributed by atoms with Crippen molar-refractivity contribution in [1.29, 1.82) is 0 Å². The molecular weight excluding hydrogens is 256 g/mol. The Hall–Kier alpha value is -2.40. The summed E-state index contributed by atoms with van der Waals surface area (Å²) in [5.74, 6) is 0. The first-order valence-electron chi connectivity index (χ1n) is 5.84. The molecule has 0 atom stereocenters. The summed E-state index contributed by atoms with van der Waals surface area (Å²) in [7, 11) is 0. The molecule has 0 saturated heterocycles. The second kappa shape index (κ2) is 4.07. The molecular formula is C14H8N4S. The van der Waals surface area contributed by atoms with Gasteiger partial charge in [-0.25, -0.2) is 9.97 Å². The average molecular weight is 264 g/mol. The number of nitrogens with zero attached hydrogens (tertiary/aromatic N) is 4. The summed E-state index contributed by atoms with van der Waals surface area (Å²) < 4.78 is 0. The summed E-state index contributed by atoms with van der Waals surface area (Å²) in [5.41, 5.74) is 6.27. The van der Waals surface area contributed by atoms with Crippen molar-refractivity contribution in [3.63, 3.8) is 0 Å². The molecule has 0 fully saturated rings. The number of para-hydroxylation sites is 3. The van der Waals surface area contributed by atoms with E-state index in [1.165, 1.54) is 11.3 Å². The van der Waals surface area contributed by atoms with Gasteiger partial charge in [0.25, 0.3) is 0 Å². The Kier molecular flexibility index (Phi) is 2.25. The Morgan fingerprint density at radius 1 is 0.789 bits per heavy atom. The van der Waals surface area contributed by atoms with Crippen LogP contribution in [0.2, 0.25) is 0 Å². The van der Waals surface area contributed by atoms with E-state index in [9.17, 15) is 0 Å². The predicted octanol–water partition coefficient (Wildman–Crippen LogP) is 3.30. The van der Waals surface area contributed by atoms with E-state index >= 15 is 0 Å². The van der Waals surface area contributed by atoms with Crippen LogP contribution in [0.3, 0.4) is 0 Å². The zero-order valence-electron chi connectivity index (χ0n) is 9.82. The van der Waals surface area contributed by atoms with Gasteiger partial charge in [0.1, 0.15) is 10.5 Å². The van der Waals surface area contributed by atoms with Gasteiger partial charge in [0.15, 0.2) is 0 Å². The van der Waals surface area contributed by atoms with Crippen molar-refractivity contribution in [3.05, 3.63) is 48.0 Å². The van der Waals surface area contributed by atoms with Crippen LogP contribution in [0.5, 0.6) is 0 Å². The lowest BCUT2D eigenvalue weighted by Crippen LogP contribution is -1.90. The molecule has 4 aromatic rings. The van der Waals surface area contributed by atoms with Crippen LogP contribution in [0.1, 0.15) is 0 Å². The molecule has 4 rings (SSSR count). The molecule has 0 saturated carbocycles. The predicted molar refractivity (Wildman–Crippen MR) is 75.9 cm³/mol. The van der Waals surface area contributed by atoms with Gasteiger partial charge in [-0.15, -0.1) is 10.2 Å². The van der Waals surface area contributed by atoms with Crippen molar-refractivity contribution in [3.8, 4) is 10.6 Å². The third-order valence-corrected chi connectivity index (χ3v) is 3.68. The lowest BCUT2D eigenvalue weighted by atomic mass is 10.1. The van der Waals surface area contributed by atoms with E-state index < -0.39 is 0 Å².